The van der Waals surface area contributed by atoms with Gasteiger partial charge in [0.2, 0.25) is 5.82 Å². The molecule has 4 aromatic rings. The van der Waals surface area contributed by atoms with Crippen LogP contribution in [-0.2, 0) is 12.5 Å². The minimum absolute atomic E-state index is 0.0444. The Labute approximate surface area is 177 Å². The highest BCUT2D eigenvalue weighted by molar-refractivity contribution is 5.90. The molecule has 1 N–H and O–H groups in total. The highest BCUT2D eigenvalue weighted by Gasteiger charge is 2.41. The molecule has 0 aliphatic carbocycles. The molecule has 3 aromatic heterocycles. The molecule has 0 radical (unpaired) electrons. The van der Waals surface area contributed by atoms with Gasteiger partial charge in [0.25, 0.3) is 5.91 Å². The molecule has 0 atom stereocenters. The van der Waals surface area contributed by atoms with Crippen LogP contribution in [0.4, 0.5) is 4.39 Å². The van der Waals surface area contributed by atoms with Gasteiger partial charge in [-0.3, -0.25) is 9.78 Å². The van der Waals surface area contributed by atoms with E-state index in [1.807, 2.05) is 24.4 Å². The van der Waals surface area contributed by atoms with Crippen molar-refractivity contribution in [3.05, 3.63) is 88.2 Å². The van der Waals surface area contributed by atoms with Crippen molar-refractivity contribution in [2.24, 2.45) is 7.05 Å². The number of piperidine rings is 1. The molecule has 1 aliphatic heterocycles. The van der Waals surface area contributed by atoms with Gasteiger partial charge in [0, 0.05) is 37.9 Å². The van der Waals surface area contributed by atoms with Gasteiger partial charge < -0.3 is 9.30 Å². The van der Waals surface area contributed by atoms with Crippen molar-refractivity contribution < 1.29 is 9.18 Å². The minimum atomic E-state index is -0.420. The molecule has 1 saturated heterocycles. The Hall–Kier alpha value is -3.75. The van der Waals surface area contributed by atoms with Crippen molar-refractivity contribution in [1.29, 1.82) is 0 Å². The molecule has 0 bridgehead atoms. The third kappa shape index (κ3) is 3.22. The molecule has 4 heterocycles. The zero-order valence-corrected chi connectivity index (χ0v) is 17.0. The first-order chi connectivity index (χ1) is 15.0. The summed E-state index contributed by atoms with van der Waals surface area (Å²) in [4.78, 5) is 33.5. The Bertz CT molecular complexity index is 1310. The molecule has 1 fully saturated rings. The Morgan fingerprint density at radius 1 is 1.10 bits per heavy atom. The van der Waals surface area contributed by atoms with Gasteiger partial charge in [-0.1, -0.05) is 30.3 Å². The Balaban J connectivity index is 1.50. The second-order valence-corrected chi connectivity index (χ2v) is 7.88. The maximum absolute atomic E-state index is 13.7. The third-order valence-electron chi connectivity index (χ3n) is 6.11. The minimum Gasteiger partial charge on any atom is -0.336 e. The number of carbonyl (C=O) groups is 1. The number of fused-ring (bicyclic) bond motifs is 1. The lowest BCUT2D eigenvalue weighted by atomic mass is 9.70. The number of aryl methyl sites for hydroxylation is 1. The summed E-state index contributed by atoms with van der Waals surface area (Å²) in [7, 11) is 1.50. The summed E-state index contributed by atoms with van der Waals surface area (Å²) in [5.74, 6) is -0.575. The van der Waals surface area contributed by atoms with Crippen molar-refractivity contribution in [3.63, 3.8) is 0 Å². The van der Waals surface area contributed by atoms with E-state index in [1.54, 1.807) is 15.4 Å². The van der Waals surface area contributed by atoms with Crippen molar-refractivity contribution >= 4 is 11.6 Å². The number of nitrogens with zero attached hydrogens (tertiary/aromatic N) is 5. The summed E-state index contributed by atoms with van der Waals surface area (Å²) < 4.78 is 16.5. The summed E-state index contributed by atoms with van der Waals surface area (Å²) in [6.45, 7) is 0.961. The van der Waals surface area contributed by atoms with Gasteiger partial charge >= 0.3 is 5.69 Å². The lowest BCUT2D eigenvalue weighted by Gasteiger charge is -2.41. The van der Waals surface area contributed by atoms with Gasteiger partial charge in [0.05, 0.1) is 5.69 Å². The smallest absolute Gasteiger partial charge is 0.336 e. The Morgan fingerprint density at radius 3 is 2.52 bits per heavy atom. The summed E-state index contributed by atoms with van der Waals surface area (Å²) in [5.41, 5.74) is 1.81. The standard InChI is InChI=1S/C22H21FN6O2/c1-27-21(31)25-19(26-27)20(30)28-11-9-22(10-12-28,15-5-3-2-4-6-15)17-14-29-13-16(23)7-8-18(29)24-17/h2-8,13-14H,9-12H2,1H3,(H,25,26,31). The van der Waals surface area contributed by atoms with Crippen LogP contribution < -0.4 is 5.69 Å². The lowest BCUT2D eigenvalue weighted by Crippen LogP contribution is -2.46. The topological polar surface area (TPSA) is 88.3 Å². The number of carbonyl (C=O) groups excluding carboxylic acids is 1. The van der Waals surface area contributed by atoms with Crippen LogP contribution in [0.25, 0.3) is 5.65 Å². The first-order valence-corrected chi connectivity index (χ1v) is 10.1. The number of nitrogens with one attached hydrogen (secondary N) is 1. The molecule has 0 spiro atoms. The second kappa shape index (κ2) is 7.19. The number of halogens is 1. The molecule has 1 aromatic carbocycles. The van der Waals surface area contributed by atoms with Crippen LogP contribution in [0.2, 0.25) is 0 Å². The zero-order chi connectivity index (χ0) is 21.6. The highest BCUT2D eigenvalue weighted by atomic mass is 19.1. The first-order valence-electron chi connectivity index (χ1n) is 10.1. The van der Waals surface area contributed by atoms with Gasteiger partial charge in [-0.15, -0.1) is 5.10 Å². The number of likely N-dealkylation sites (tertiary alicyclic amines) is 1. The van der Waals surface area contributed by atoms with Crippen LogP contribution in [-0.4, -0.2) is 48.0 Å². The molecule has 0 saturated carbocycles. The summed E-state index contributed by atoms with van der Waals surface area (Å²) in [6.07, 6.45) is 4.58. The van der Waals surface area contributed by atoms with Crippen LogP contribution in [0.3, 0.4) is 0 Å². The molecule has 5 rings (SSSR count). The fourth-order valence-corrected chi connectivity index (χ4v) is 4.39. The average Bonchev–Trinajstić information content (AvgIpc) is 3.37. The SMILES string of the molecule is Cn1nc(C(=O)N2CCC(c3ccccc3)(c3cn4cc(F)ccc4n3)CC2)[nH]c1=O. The maximum atomic E-state index is 13.7. The number of rotatable bonds is 3. The lowest BCUT2D eigenvalue weighted by molar-refractivity contribution is 0.0671. The van der Waals surface area contributed by atoms with Crippen molar-refractivity contribution in [2.75, 3.05) is 13.1 Å². The predicted molar refractivity (Wildman–Crippen MR) is 111 cm³/mol. The molecular formula is C22H21FN6O2. The van der Waals surface area contributed by atoms with Crippen LogP contribution in [0.15, 0.2) is 59.7 Å². The van der Waals surface area contributed by atoms with Crippen LogP contribution in [0.1, 0.15) is 34.7 Å². The Morgan fingerprint density at radius 2 is 1.84 bits per heavy atom. The predicted octanol–water partition coefficient (Wildman–Crippen LogP) is 2.12. The number of aromatic nitrogens is 5. The summed E-state index contributed by atoms with van der Waals surface area (Å²) in [5, 5.41) is 3.98. The van der Waals surface area contributed by atoms with Gasteiger partial charge in [-0.2, -0.15) is 0 Å². The van der Waals surface area contributed by atoms with Crippen molar-refractivity contribution in [1.82, 2.24) is 29.0 Å². The largest absolute Gasteiger partial charge is 0.343 e. The van der Waals surface area contributed by atoms with Gasteiger partial charge in [-0.25, -0.2) is 18.9 Å². The van der Waals surface area contributed by atoms with E-state index in [9.17, 15) is 14.0 Å². The fourth-order valence-electron chi connectivity index (χ4n) is 4.39. The molecule has 1 aliphatic rings. The Kier molecular flexibility index (Phi) is 4.46. The number of imidazole rings is 1. The van der Waals surface area contributed by atoms with E-state index in [0.29, 0.717) is 31.6 Å². The zero-order valence-electron chi connectivity index (χ0n) is 17.0. The average molecular weight is 420 g/mol. The van der Waals surface area contributed by atoms with E-state index in [0.717, 1.165) is 15.9 Å². The van der Waals surface area contributed by atoms with Crippen LogP contribution in [0.5, 0.6) is 0 Å². The van der Waals surface area contributed by atoms with Crippen molar-refractivity contribution in [2.45, 2.75) is 18.3 Å². The van der Waals surface area contributed by atoms with E-state index in [1.165, 1.54) is 19.3 Å². The maximum Gasteiger partial charge on any atom is 0.343 e. The van der Waals surface area contributed by atoms with Gasteiger partial charge in [0.1, 0.15) is 11.5 Å². The molecule has 1 amide bonds. The normalized spacial score (nSPS) is 16.0. The molecule has 0 unspecified atom stereocenters. The molecule has 9 heteroatoms. The summed E-state index contributed by atoms with van der Waals surface area (Å²) in [6, 6.07) is 13.1. The number of pyridine rings is 1. The fraction of sp³-hybridized carbons (Fsp3) is 0.273. The van der Waals surface area contributed by atoms with E-state index in [2.05, 4.69) is 22.2 Å². The number of amides is 1. The van der Waals surface area contributed by atoms with Gasteiger partial charge in [-0.05, 0) is 30.5 Å². The number of H-pyrrole nitrogens is 1. The highest BCUT2D eigenvalue weighted by Crippen LogP contribution is 2.41. The van der Waals surface area contributed by atoms with E-state index in [-0.39, 0.29) is 17.5 Å². The number of aromatic amines is 1. The number of hydrogen-bond donors (Lipinski definition) is 1. The van der Waals surface area contributed by atoms with E-state index in [4.69, 9.17) is 4.98 Å². The molecule has 31 heavy (non-hydrogen) atoms. The van der Waals surface area contributed by atoms with Gasteiger partial charge in [0.15, 0.2) is 0 Å². The van der Waals surface area contributed by atoms with E-state index < -0.39 is 11.1 Å². The number of hydrogen-bond acceptors (Lipinski definition) is 4. The van der Waals surface area contributed by atoms with Crippen molar-refractivity contribution in [3.8, 4) is 0 Å². The third-order valence-corrected chi connectivity index (χ3v) is 6.11. The monoisotopic (exact) mass is 420 g/mol. The molecule has 158 valence electrons. The van der Waals surface area contributed by atoms with Crippen LogP contribution in [0, 0.1) is 5.82 Å². The van der Waals surface area contributed by atoms with Crippen LogP contribution >= 0.6 is 0 Å². The summed E-state index contributed by atoms with van der Waals surface area (Å²) >= 11 is 0. The second-order valence-electron chi connectivity index (χ2n) is 7.88. The number of benzene rings is 1. The van der Waals surface area contributed by atoms with E-state index >= 15 is 0 Å². The first kappa shape index (κ1) is 19.2. The molecular weight excluding hydrogens is 399 g/mol. The molecule has 8 nitrogen and oxygen atoms in total. The quantitative estimate of drug-likeness (QED) is 0.550.